The van der Waals surface area contributed by atoms with E-state index in [2.05, 4.69) is 43.0 Å². The topological polar surface area (TPSA) is 98.6 Å². The molecule has 3 aromatic rings. The smallest absolute Gasteiger partial charge is 0.407 e. The Kier molecular flexibility index (Phi) is 10.7. The Hall–Kier alpha value is -4.15. The number of aromatic nitrogens is 1. The summed E-state index contributed by atoms with van der Waals surface area (Å²) >= 11 is 0. The second-order valence-corrected chi connectivity index (χ2v) is 13.8. The number of rotatable bonds is 10. The number of morpholine rings is 1. The molecule has 0 bridgehead atoms. The van der Waals surface area contributed by atoms with Gasteiger partial charge in [-0.15, -0.1) is 0 Å². The van der Waals surface area contributed by atoms with Crippen LogP contribution in [0.5, 0.6) is 0 Å². The van der Waals surface area contributed by atoms with Crippen LogP contribution in [-0.2, 0) is 37.7 Å². The molecule has 0 saturated carbocycles. The van der Waals surface area contributed by atoms with Crippen LogP contribution in [0.3, 0.4) is 0 Å². The van der Waals surface area contributed by atoms with Gasteiger partial charge in [-0.25, -0.2) is 4.79 Å². The van der Waals surface area contributed by atoms with Crippen LogP contribution in [0, 0.1) is 6.92 Å². The number of fused-ring (bicyclic) bond motifs is 2. The van der Waals surface area contributed by atoms with Gasteiger partial charge in [-0.3, -0.25) is 14.5 Å². The fourth-order valence-electron chi connectivity index (χ4n) is 7.66. The van der Waals surface area contributed by atoms with Crippen molar-refractivity contribution >= 4 is 17.9 Å². The van der Waals surface area contributed by atoms with Gasteiger partial charge in [0.15, 0.2) is 0 Å². The normalized spacial score (nSPS) is 17.8. The predicted molar refractivity (Wildman–Crippen MR) is 190 cm³/mol. The maximum absolute atomic E-state index is 15.1. The standard InChI is InChI=1S/C39H51N5O5/c1-5-7-14-42(13-6-2)37(45)33-23-36(40(4)27(33)3)34-21-29-12-15-43(39(47)48)24-31(29)22-35(34)38(46)44-25-30-11-9-8-10-28(30)20-32(44)26-41-16-18-49-19-17-41/h8-11,21-23,32H,5-7,12-20,24-26H2,1-4H3,(H,47,48)/t32-/m0/s1. The summed E-state index contributed by atoms with van der Waals surface area (Å²) in [5, 5.41) is 9.82. The van der Waals surface area contributed by atoms with Crippen molar-refractivity contribution < 1.29 is 24.2 Å². The molecular formula is C39H51N5O5. The molecule has 4 heterocycles. The van der Waals surface area contributed by atoms with E-state index in [0.29, 0.717) is 50.4 Å². The number of hydrogen-bond acceptors (Lipinski definition) is 5. The summed E-state index contributed by atoms with van der Waals surface area (Å²) in [6.07, 6.45) is 3.22. The lowest BCUT2D eigenvalue weighted by Gasteiger charge is -2.41. The SMILES string of the molecule is CCCCN(CCC)C(=O)c1cc(-c2cc3c(cc2C(=O)N2Cc4ccccc4C[C@H]2CN2CCOCC2)CN(C(=O)O)CC3)n(C)c1C. The molecule has 1 aromatic heterocycles. The van der Waals surface area contributed by atoms with E-state index in [-0.39, 0.29) is 24.4 Å². The Morgan fingerprint density at radius 3 is 2.37 bits per heavy atom. The molecule has 0 radical (unpaired) electrons. The number of ether oxygens (including phenoxy) is 1. The average molecular weight is 670 g/mol. The summed E-state index contributed by atoms with van der Waals surface area (Å²) in [6, 6.07) is 14.3. The second kappa shape index (κ2) is 15.2. The van der Waals surface area contributed by atoms with Gasteiger partial charge in [0, 0.05) is 88.0 Å². The van der Waals surface area contributed by atoms with E-state index in [1.807, 2.05) is 46.5 Å². The third-order valence-corrected chi connectivity index (χ3v) is 10.6. The van der Waals surface area contributed by atoms with Gasteiger partial charge in [-0.05, 0) is 73.1 Å². The van der Waals surface area contributed by atoms with Crippen molar-refractivity contribution in [2.45, 2.75) is 72.0 Å². The van der Waals surface area contributed by atoms with Crippen molar-refractivity contribution in [3.8, 4) is 11.3 Å². The molecule has 262 valence electrons. The van der Waals surface area contributed by atoms with Gasteiger partial charge in [0.1, 0.15) is 0 Å². The van der Waals surface area contributed by atoms with Crippen LogP contribution in [0.2, 0.25) is 0 Å². The van der Waals surface area contributed by atoms with Gasteiger partial charge in [-0.2, -0.15) is 0 Å². The Labute approximate surface area is 290 Å². The van der Waals surface area contributed by atoms with Crippen molar-refractivity contribution in [2.75, 3.05) is 52.5 Å². The number of unbranched alkanes of at least 4 members (excludes halogenated alkanes) is 1. The van der Waals surface area contributed by atoms with Crippen molar-refractivity contribution in [1.82, 2.24) is 24.2 Å². The summed E-state index contributed by atoms with van der Waals surface area (Å²) in [5.74, 6) is -0.0453. The Bertz CT molecular complexity index is 1690. The number of nitrogens with zero attached hydrogens (tertiary/aromatic N) is 5. The molecule has 0 unspecified atom stereocenters. The minimum absolute atomic E-state index is 0.0239. The second-order valence-electron chi connectivity index (χ2n) is 13.8. The van der Waals surface area contributed by atoms with E-state index in [9.17, 15) is 14.7 Å². The highest BCUT2D eigenvalue weighted by Crippen LogP contribution is 2.35. The molecule has 2 aromatic carbocycles. The number of carbonyl (C=O) groups excluding carboxylic acids is 2. The third kappa shape index (κ3) is 7.26. The highest BCUT2D eigenvalue weighted by molar-refractivity contribution is 6.03. The molecule has 10 nitrogen and oxygen atoms in total. The maximum Gasteiger partial charge on any atom is 0.407 e. The van der Waals surface area contributed by atoms with Crippen LogP contribution in [-0.4, -0.2) is 106 Å². The summed E-state index contributed by atoms with van der Waals surface area (Å²) in [4.78, 5) is 48.8. The lowest BCUT2D eigenvalue weighted by atomic mass is 9.89. The Balaban J connectivity index is 1.44. The van der Waals surface area contributed by atoms with Crippen molar-refractivity contribution in [3.63, 3.8) is 0 Å². The zero-order valence-electron chi connectivity index (χ0n) is 29.5. The van der Waals surface area contributed by atoms with E-state index < -0.39 is 6.09 Å². The van der Waals surface area contributed by atoms with E-state index in [4.69, 9.17) is 4.74 Å². The summed E-state index contributed by atoms with van der Waals surface area (Å²) in [6.45, 7) is 12.6. The average Bonchev–Trinajstić information content (AvgIpc) is 3.41. The van der Waals surface area contributed by atoms with Crippen molar-refractivity contribution in [3.05, 3.63) is 81.5 Å². The van der Waals surface area contributed by atoms with Crippen LogP contribution in [0.25, 0.3) is 11.3 Å². The van der Waals surface area contributed by atoms with Gasteiger partial charge in [0.2, 0.25) is 0 Å². The van der Waals surface area contributed by atoms with E-state index in [1.54, 1.807) is 0 Å². The zero-order valence-corrected chi connectivity index (χ0v) is 29.5. The molecule has 1 saturated heterocycles. The fraction of sp³-hybridized carbons (Fsp3) is 0.513. The molecule has 3 aliphatic heterocycles. The first kappa shape index (κ1) is 34.7. The summed E-state index contributed by atoms with van der Waals surface area (Å²) < 4.78 is 7.66. The van der Waals surface area contributed by atoms with Crippen LogP contribution >= 0.6 is 0 Å². The fourth-order valence-corrected chi connectivity index (χ4v) is 7.66. The van der Waals surface area contributed by atoms with Gasteiger partial charge in [0.05, 0.1) is 18.8 Å². The first-order valence-corrected chi connectivity index (χ1v) is 18.0. The molecule has 10 heteroatoms. The highest BCUT2D eigenvalue weighted by atomic mass is 16.5. The van der Waals surface area contributed by atoms with Gasteiger partial charge >= 0.3 is 6.09 Å². The molecule has 1 atom stereocenters. The number of amides is 3. The van der Waals surface area contributed by atoms with E-state index in [1.165, 1.54) is 10.5 Å². The molecular weight excluding hydrogens is 618 g/mol. The predicted octanol–water partition coefficient (Wildman–Crippen LogP) is 5.59. The van der Waals surface area contributed by atoms with Crippen molar-refractivity contribution in [1.29, 1.82) is 0 Å². The highest BCUT2D eigenvalue weighted by Gasteiger charge is 2.35. The minimum Gasteiger partial charge on any atom is -0.465 e. The number of hydrogen-bond donors (Lipinski definition) is 1. The van der Waals surface area contributed by atoms with Crippen molar-refractivity contribution in [2.24, 2.45) is 7.05 Å². The first-order chi connectivity index (χ1) is 23.7. The molecule has 1 fully saturated rings. The van der Waals surface area contributed by atoms with Crippen LogP contribution in [0.4, 0.5) is 4.79 Å². The van der Waals surface area contributed by atoms with Gasteiger partial charge < -0.3 is 29.1 Å². The van der Waals surface area contributed by atoms with E-state index in [0.717, 1.165) is 85.5 Å². The van der Waals surface area contributed by atoms with Crippen LogP contribution in [0.15, 0.2) is 42.5 Å². The largest absolute Gasteiger partial charge is 0.465 e. The lowest BCUT2D eigenvalue weighted by molar-refractivity contribution is 0.0193. The Morgan fingerprint density at radius 2 is 1.65 bits per heavy atom. The minimum atomic E-state index is -0.957. The third-order valence-electron chi connectivity index (χ3n) is 10.6. The van der Waals surface area contributed by atoms with Crippen LogP contribution < -0.4 is 0 Å². The van der Waals surface area contributed by atoms with Crippen LogP contribution in [0.1, 0.15) is 81.8 Å². The molecule has 6 rings (SSSR count). The van der Waals surface area contributed by atoms with Gasteiger partial charge in [0.25, 0.3) is 11.8 Å². The molecule has 0 aliphatic carbocycles. The number of benzene rings is 2. The molecule has 49 heavy (non-hydrogen) atoms. The molecule has 1 N–H and O–H groups in total. The van der Waals surface area contributed by atoms with E-state index >= 15 is 4.79 Å². The molecule has 3 aliphatic rings. The number of carbonyl (C=O) groups is 3. The summed E-state index contributed by atoms with van der Waals surface area (Å²) in [5.41, 5.74) is 8.01. The summed E-state index contributed by atoms with van der Waals surface area (Å²) in [7, 11) is 1.97. The monoisotopic (exact) mass is 669 g/mol. The lowest BCUT2D eigenvalue weighted by Crippen LogP contribution is -2.52. The molecule has 3 amide bonds. The quantitative estimate of drug-likeness (QED) is 0.303. The number of carboxylic acid groups (broad SMARTS) is 1. The van der Waals surface area contributed by atoms with Gasteiger partial charge in [-0.1, -0.05) is 44.5 Å². The first-order valence-electron chi connectivity index (χ1n) is 18.0. The zero-order chi connectivity index (χ0) is 34.7. The Morgan fingerprint density at radius 1 is 0.898 bits per heavy atom. The molecule has 0 spiro atoms. The maximum atomic E-state index is 15.1.